The highest BCUT2D eigenvalue weighted by Gasteiger charge is 2.47. The third-order valence-electron chi connectivity index (χ3n) is 5.12. The van der Waals surface area contributed by atoms with Gasteiger partial charge in [0.2, 0.25) is 5.91 Å². The van der Waals surface area contributed by atoms with Crippen molar-refractivity contribution in [1.82, 2.24) is 10.2 Å². The lowest BCUT2D eigenvalue weighted by Crippen LogP contribution is -2.44. The number of urea groups is 1. The van der Waals surface area contributed by atoms with Crippen molar-refractivity contribution in [2.75, 3.05) is 11.9 Å². The zero-order chi connectivity index (χ0) is 20.2. The van der Waals surface area contributed by atoms with Gasteiger partial charge in [0.1, 0.15) is 12.1 Å². The summed E-state index contributed by atoms with van der Waals surface area (Å²) < 4.78 is 0. The summed E-state index contributed by atoms with van der Waals surface area (Å²) in [5.41, 5.74) is 2.86. The zero-order valence-electron chi connectivity index (χ0n) is 17.1. The van der Waals surface area contributed by atoms with E-state index >= 15 is 0 Å². The molecule has 148 valence electrons. The highest BCUT2D eigenvalue weighted by molar-refractivity contribution is 6.10. The van der Waals surface area contributed by atoms with Gasteiger partial charge in [-0.3, -0.25) is 14.5 Å². The van der Waals surface area contributed by atoms with Gasteiger partial charge < -0.3 is 10.6 Å². The highest BCUT2D eigenvalue weighted by atomic mass is 16.2. The lowest BCUT2D eigenvalue weighted by molar-refractivity contribution is -0.133. The first-order valence-electron chi connectivity index (χ1n) is 9.69. The molecular weight excluding hydrogens is 342 g/mol. The molecule has 1 aromatic rings. The largest absolute Gasteiger partial charge is 0.325 e. The van der Waals surface area contributed by atoms with Gasteiger partial charge in [-0.15, -0.1) is 0 Å². The molecule has 1 atom stereocenters. The van der Waals surface area contributed by atoms with Crippen molar-refractivity contribution in [2.45, 2.75) is 72.3 Å². The van der Waals surface area contributed by atoms with Crippen LogP contribution in [0.3, 0.4) is 0 Å². The van der Waals surface area contributed by atoms with E-state index in [4.69, 9.17) is 0 Å². The third-order valence-corrected chi connectivity index (χ3v) is 5.12. The Hall–Kier alpha value is -2.37. The molecule has 2 N–H and O–H groups in total. The number of carbonyl (C=O) groups is 3. The molecular formula is C21H31N3O3. The van der Waals surface area contributed by atoms with Gasteiger partial charge in [-0.1, -0.05) is 50.3 Å². The van der Waals surface area contributed by atoms with Crippen LogP contribution in [0, 0.1) is 20.8 Å². The minimum Gasteiger partial charge on any atom is -0.324 e. The second kappa shape index (κ2) is 8.55. The molecule has 6 nitrogen and oxygen atoms in total. The molecule has 0 aliphatic carbocycles. The molecule has 4 amide bonds. The maximum atomic E-state index is 12.7. The van der Waals surface area contributed by atoms with Crippen LogP contribution in [0.15, 0.2) is 12.1 Å². The van der Waals surface area contributed by atoms with E-state index < -0.39 is 11.6 Å². The van der Waals surface area contributed by atoms with Gasteiger partial charge in [-0.2, -0.15) is 0 Å². The van der Waals surface area contributed by atoms with Crippen molar-refractivity contribution in [1.29, 1.82) is 0 Å². The predicted octanol–water partition coefficient (Wildman–Crippen LogP) is 3.83. The fourth-order valence-electron chi connectivity index (χ4n) is 3.67. The molecule has 1 aliphatic rings. The molecule has 1 saturated heterocycles. The van der Waals surface area contributed by atoms with E-state index in [0.717, 1.165) is 53.0 Å². The number of hydrogen-bond acceptors (Lipinski definition) is 3. The van der Waals surface area contributed by atoms with Crippen molar-refractivity contribution >= 4 is 23.5 Å². The Balaban J connectivity index is 2.01. The summed E-state index contributed by atoms with van der Waals surface area (Å²) in [6.07, 6.45) is 4.71. The summed E-state index contributed by atoms with van der Waals surface area (Å²) in [6, 6.07) is 3.48. The average Bonchev–Trinajstić information content (AvgIpc) is 2.78. The molecule has 0 aromatic heterocycles. The Morgan fingerprint density at radius 1 is 1.11 bits per heavy atom. The smallest absolute Gasteiger partial charge is 0.324 e. The van der Waals surface area contributed by atoms with Gasteiger partial charge in [-0.05, 0) is 45.2 Å². The molecule has 27 heavy (non-hydrogen) atoms. The quantitative estimate of drug-likeness (QED) is 0.537. The van der Waals surface area contributed by atoms with Crippen LogP contribution in [0.5, 0.6) is 0 Å². The zero-order valence-corrected chi connectivity index (χ0v) is 17.1. The minimum atomic E-state index is -0.916. The number of amides is 4. The Labute approximate surface area is 161 Å². The van der Waals surface area contributed by atoms with Gasteiger partial charge in [0, 0.05) is 5.69 Å². The van der Waals surface area contributed by atoms with Gasteiger partial charge >= 0.3 is 6.03 Å². The Morgan fingerprint density at radius 2 is 1.74 bits per heavy atom. The first-order valence-corrected chi connectivity index (χ1v) is 9.69. The van der Waals surface area contributed by atoms with E-state index in [0.29, 0.717) is 6.42 Å². The number of carbonyl (C=O) groups excluding carboxylic acids is 3. The van der Waals surface area contributed by atoms with E-state index in [1.807, 2.05) is 32.9 Å². The minimum absolute atomic E-state index is 0.276. The molecule has 1 heterocycles. The van der Waals surface area contributed by atoms with Crippen molar-refractivity contribution in [3.8, 4) is 0 Å². The number of imide groups is 1. The van der Waals surface area contributed by atoms with Gasteiger partial charge in [0.25, 0.3) is 5.91 Å². The molecule has 0 bridgehead atoms. The maximum Gasteiger partial charge on any atom is 0.325 e. The fourth-order valence-corrected chi connectivity index (χ4v) is 3.67. The van der Waals surface area contributed by atoms with E-state index in [1.54, 1.807) is 6.92 Å². The molecule has 2 rings (SSSR count). The lowest BCUT2D eigenvalue weighted by Gasteiger charge is -2.21. The van der Waals surface area contributed by atoms with Crippen LogP contribution in [0.4, 0.5) is 10.5 Å². The third kappa shape index (κ3) is 4.87. The average molecular weight is 373 g/mol. The first-order chi connectivity index (χ1) is 12.7. The highest BCUT2D eigenvalue weighted by Crippen LogP contribution is 2.25. The number of aryl methyl sites for hydroxylation is 3. The van der Waals surface area contributed by atoms with Gasteiger partial charge in [-0.25, -0.2) is 4.79 Å². The summed E-state index contributed by atoms with van der Waals surface area (Å²) in [5, 5.41) is 5.61. The van der Waals surface area contributed by atoms with E-state index in [-0.39, 0.29) is 18.4 Å². The summed E-state index contributed by atoms with van der Waals surface area (Å²) in [6.45, 7) is 9.45. The fraction of sp³-hybridized carbons (Fsp3) is 0.571. The van der Waals surface area contributed by atoms with E-state index in [9.17, 15) is 14.4 Å². The molecule has 1 aromatic carbocycles. The van der Waals surface area contributed by atoms with Crippen LogP contribution in [-0.4, -0.2) is 34.8 Å². The molecule has 0 radical (unpaired) electrons. The monoisotopic (exact) mass is 373 g/mol. The van der Waals surface area contributed by atoms with Crippen LogP contribution in [0.25, 0.3) is 0 Å². The lowest BCUT2D eigenvalue weighted by atomic mass is 9.94. The summed E-state index contributed by atoms with van der Waals surface area (Å²) in [5.74, 6) is -0.694. The molecule has 0 saturated carbocycles. The summed E-state index contributed by atoms with van der Waals surface area (Å²) in [4.78, 5) is 38.5. The Morgan fingerprint density at radius 3 is 2.33 bits per heavy atom. The van der Waals surface area contributed by atoms with Crippen molar-refractivity contribution in [3.05, 3.63) is 28.8 Å². The number of nitrogens with zero attached hydrogens (tertiary/aromatic N) is 1. The van der Waals surface area contributed by atoms with Crippen molar-refractivity contribution in [3.63, 3.8) is 0 Å². The SMILES string of the molecule is CCCCCCC1(C)NC(=O)N(CC(=O)Nc2c(C)cc(C)cc2C)C1=O. The maximum absolute atomic E-state index is 12.7. The van der Waals surface area contributed by atoms with Crippen LogP contribution in [0.2, 0.25) is 0 Å². The Bertz CT molecular complexity index is 721. The second-order valence-electron chi connectivity index (χ2n) is 7.79. The normalized spacial score (nSPS) is 19.4. The second-order valence-corrected chi connectivity index (χ2v) is 7.79. The van der Waals surface area contributed by atoms with Crippen molar-refractivity contribution < 1.29 is 14.4 Å². The number of hydrogen-bond donors (Lipinski definition) is 2. The molecule has 1 fully saturated rings. The number of unbranched alkanes of at least 4 members (excludes halogenated alkanes) is 3. The van der Waals surface area contributed by atoms with Crippen LogP contribution < -0.4 is 10.6 Å². The number of anilines is 1. The van der Waals surface area contributed by atoms with Crippen molar-refractivity contribution in [2.24, 2.45) is 0 Å². The number of benzene rings is 1. The molecule has 1 aliphatic heterocycles. The molecule has 1 unspecified atom stereocenters. The first kappa shape index (κ1) is 20.9. The summed E-state index contributed by atoms with van der Waals surface area (Å²) in [7, 11) is 0. The van der Waals surface area contributed by atoms with Gasteiger partial charge in [0.05, 0.1) is 0 Å². The van der Waals surface area contributed by atoms with Crippen LogP contribution >= 0.6 is 0 Å². The number of rotatable bonds is 8. The topological polar surface area (TPSA) is 78.5 Å². The van der Waals surface area contributed by atoms with Crippen LogP contribution in [0.1, 0.15) is 62.6 Å². The predicted molar refractivity (Wildman–Crippen MR) is 107 cm³/mol. The van der Waals surface area contributed by atoms with E-state index in [1.165, 1.54) is 0 Å². The number of nitrogens with one attached hydrogen (secondary N) is 2. The van der Waals surface area contributed by atoms with Gasteiger partial charge in [0.15, 0.2) is 0 Å². The molecule has 0 spiro atoms. The molecule has 6 heteroatoms. The van der Waals surface area contributed by atoms with E-state index in [2.05, 4.69) is 17.6 Å². The van der Waals surface area contributed by atoms with Crippen LogP contribution in [-0.2, 0) is 9.59 Å². The Kier molecular flexibility index (Phi) is 6.63. The standard InChI is InChI=1S/C21H31N3O3/c1-6-7-8-9-10-21(5)19(26)24(20(27)23-21)13-17(25)22-18-15(3)11-14(2)12-16(18)4/h11-12H,6-10,13H2,1-5H3,(H,22,25)(H,23,27). The summed E-state index contributed by atoms with van der Waals surface area (Å²) >= 11 is 0.